The zero-order chi connectivity index (χ0) is 17.1. The number of carbonyl (C=O) groups is 1. The van der Waals surface area contributed by atoms with E-state index in [2.05, 4.69) is 11.8 Å². The summed E-state index contributed by atoms with van der Waals surface area (Å²) < 4.78 is 19.0. The molecule has 0 radical (unpaired) electrons. The van der Waals surface area contributed by atoms with Crippen LogP contribution in [0.3, 0.4) is 0 Å². The number of amides is 1. The first-order valence-electron chi connectivity index (χ1n) is 8.36. The molecule has 0 spiro atoms. The first-order valence-corrected chi connectivity index (χ1v) is 8.36. The topological polar surface area (TPSA) is 56.6 Å². The van der Waals surface area contributed by atoms with Gasteiger partial charge in [0, 0.05) is 32.7 Å². The Bertz CT molecular complexity index is 652. The normalized spacial score (nSPS) is 24.8. The Morgan fingerprint density at radius 2 is 2.12 bits per heavy atom. The van der Waals surface area contributed by atoms with Gasteiger partial charge < -0.3 is 9.64 Å². The molecule has 2 fully saturated rings. The smallest absolute Gasteiger partial charge is 0.227 e. The summed E-state index contributed by atoms with van der Waals surface area (Å²) in [5.74, 6) is -0.00241. The number of nitrogens with zero attached hydrogens (tertiary/aromatic N) is 3. The molecule has 2 aliphatic rings. The lowest BCUT2D eigenvalue weighted by atomic mass is 9.96. The number of likely N-dealkylation sites (tertiary alicyclic amines) is 1. The van der Waals surface area contributed by atoms with Gasteiger partial charge in [-0.1, -0.05) is 13.0 Å². The van der Waals surface area contributed by atoms with Gasteiger partial charge in [-0.05, 0) is 23.6 Å². The van der Waals surface area contributed by atoms with Crippen LogP contribution >= 0.6 is 0 Å². The molecule has 5 nitrogen and oxygen atoms in total. The monoisotopic (exact) mass is 331 g/mol. The summed E-state index contributed by atoms with van der Waals surface area (Å²) in [6, 6.07) is 6.55. The van der Waals surface area contributed by atoms with E-state index in [1.165, 1.54) is 12.1 Å². The molecule has 0 aromatic heterocycles. The van der Waals surface area contributed by atoms with Crippen molar-refractivity contribution in [1.29, 1.82) is 5.26 Å². The summed E-state index contributed by atoms with van der Waals surface area (Å²) in [7, 11) is 0. The average Bonchev–Trinajstić information content (AvgIpc) is 2.95. The molecule has 0 saturated carbocycles. The van der Waals surface area contributed by atoms with Crippen LogP contribution in [0.15, 0.2) is 18.2 Å². The Labute approximate surface area is 141 Å². The zero-order valence-corrected chi connectivity index (χ0v) is 13.9. The fraction of sp³-hybridized carbons (Fsp3) is 0.556. The molecular weight excluding hydrogens is 309 g/mol. The standard InChI is InChI=1S/C18H22FN3O2/c1-13-10-21(11-14-2-3-15(9-20)17(19)8-14)12-16(13)18(23)22-4-6-24-7-5-22/h2-3,8,13,16H,4-7,10-12H2,1H3/t13-,16-/m1/s1. The van der Waals surface area contributed by atoms with E-state index in [1.807, 2.05) is 11.0 Å². The van der Waals surface area contributed by atoms with Crippen LogP contribution in [0.1, 0.15) is 18.1 Å². The first-order chi connectivity index (χ1) is 11.6. The second-order valence-electron chi connectivity index (χ2n) is 6.64. The molecular formula is C18H22FN3O2. The number of hydrogen-bond acceptors (Lipinski definition) is 4. The third-order valence-corrected chi connectivity index (χ3v) is 4.89. The summed E-state index contributed by atoms with van der Waals surface area (Å²) in [4.78, 5) is 16.8. The van der Waals surface area contributed by atoms with Gasteiger partial charge in [0.05, 0.1) is 24.7 Å². The molecule has 1 amide bonds. The molecule has 6 heteroatoms. The minimum absolute atomic E-state index is 0.00803. The molecule has 0 aliphatic carbocycles. The van der Waals surface area contributed by atoms with E-state index >= 15 is 0 Å². The van der Waals surface area contributed by atoms with Gasteiger partial charge in [-0.3, -0.25) is 9.69 Å². The number of hydrogen-bond donors (Lipinski definition) is 0. The van der Waals surface area contributed by atoms with Crippen LogP contribution in [-0.2, 0) is 16.1 Å². The second kappa shape index (κ2) is 7.29. The van der Waals surface area contributed by atoms with E-state index in [9.17, 15) is 9.18 Å². The highest BCUT2D eigenvalue weighted by Gasteiger charge is 2.37. The molecule has 24 heavy (non-hydrogen) atoms. The molecule has 2 saturated heterocycles. The van der Waals surface area contributed by atoms with Crippen LogP contribution < -0.4 is 0 Å². The molecule has 3 rings (SSSR count). The lowest BCUT2D eigenvalue weighted by Gasteiger charge is -2.30. The fourth-order valence-corrected chi connectivity index (χ4v) is 3.54. The van der Waals surface area contributed by atoms with E-state index < -0.39 is 5.82 Å². The lowest BCUT2D eigenvalue weighted by molar-refractivity contribution is -0.140. The number of benzene rings is 1. The second-order valence-corrected chi connectivity index (χ2v) is 6.64. The van der Waals surface area contributed by atoms with Crippen molar-refractivity contribution in [3.8, 4) is 6.07 Å². The van der Waals surface area contributed by atoms with E-state index in [-0.39, 0.29) is 23.3 Å². The maximum atomic E-state index is 13.7. The van der Waals surface area contributed by atoms with Crippen molar-refractivity contribution >= 4 is 5.91 Å². The predicted molar refractivity (Wildman–Crippen MR) is 86.4 cm³/mol. The van der Waals surface area contributed by atoms with Crippen molar-refractivity contribution in [3.05, 3.63) is 35.1 Å². The molecule has 2 heterocycles. The van der Waals surface area contributed by atoms with Crippen molar-refractivity contribution in [2.75, 3.05) is 39.4 Å². The van der Waals surface area contributed by atoms with Gasteiger partial charge in [-0.2, -0.15) is 5.26 Å². The Kier molecular flexibility index (Phi) is 5.12. The van der Waals surface area contributed by atoms with Gasteiger partial charge in [0.25, 0.3) is 0 Å². The summed E-state index contributed by atoms with van der Waals surface area (Å²) in [5.41, 5.74) is 0.895. The maximum absolute atomic E-state index is 13.7. The number of carbonyl (C=O) groups excluding carboxylic acids is 1. The van der Waals surface area contributed by atoms with Gasteiger partial charge in [0.1, 0.15) is 11.9 Å². The van der Waals surface area contributed by atoms with E-state index in [0.717, 1.165) is 12.1 Å². The third-order valence-electron chi connectivity index (χ3n) is 4.89. The molecule has 128 valence electrons. The number of nitriles is 1. The predicted octanol–water partition coefficient (Wildman–Crippen LogP) is 1.62. The van der Waals surface area contributed by atoms with Crippen LogP contribution in [0.25, 0.3) is 0 Å². The lowest BCUT2D eigenvalue weighted by Crippen LogP contribution is -2.45. The van der Waals surface area contributed by atoms with Gasteiger partial charge in [0.2, 0.25) is 5.91 Å². The van der Waals surface area contributed by atoms with Gasteiger partial charge in [-0.25, -0.2) is 4.39 Å². The minimum atomic E-state index is -0.483. The maximum Gasteiger partial charge on any atom is 0.227 e. The van der Waals surface area contributed by atoms with E-state index in [4.69, 9.17) is 10.00 Å². The van der Waals surface area contributed by atoms with Gasteiger partial charge >= 0.3 is 0 Å². The molecule has 2 aliphatic heterocycles. The Morgan fingerprint density at radius 1 is 1.38 bits per heavy atom. The largest absolute Gasteiger partial charge is 0.378 e. The highest BCUT2D eigenvalue weighted by Crippen LogP contribution is 2.27. The average molecular weight is 331 g/mol. The van der Waals surface area contributed by atoms with Crippen LogP contribution in [0.4, 0.5) is 4.39 Å². The van der Waals surface area contributed by atoms with Crippen LogP contribution in [-0.4, -0.2) is 55.1 Å². The number of morpholine rings is 1. The van der Waals surface area contributed by atoms with Gasteiger partial charge in [-0.15, -0.1) is 0 Å². The number of ether oxygens (including phenoxy) is 1. The Morgan fingerprint density at radius 3 is 2.79 bits per heavy atom. The summed E-state index contributed by atoms with van der Waals surface area (Å²) in [6.07, 6.45) is 0. The molecule has 0 unspecified atom stereocenters. The van der Waals surface area contributed by atoms with Crippen molar-refractivity contribution in [3.63, 3.8) is 0 Å². The van der Waals surface area contributed by atoms with Crippen molar-refractivity contribution < 1.29 is 13.9 Å². The first kappa shape index (κ1) is 16.9. The highest BCUT2D eigenvalue weighted by atomic mass is 19.1. The fourth-order valence-electron chi connectivity index (χ4n) is 3.54. The van der Waals surface area contributed by atoms with Crippen molar-refractivity contribution in [2.24, 2.45) is 11.8 Å². The third kappa shape index (κ3) is 3.58. The minimum Gasteiger partial charge on any atom is -0.378 e. The van der Waals surface area contributed by atoms with Gasteiger partial charge in [0.15, 0.2) is 0 Å². The van der Waals surface area contributed by atoms with Crippen LogP contribution in [0.2, 0.25) is 0 Å². The molecule has 1 aromatic carbocycles. The zero-order valence-electron chi connectivity index (χ0n) is 13.9. The quantitative estimate of drug-likeness (QED) is 0.845. The van der Waals surface area contributed by atoms with E-state index in [1.54, 1.807) is 6.07 Å². The molecule has 2 atom stereocenters. The summed E-state index contributed by atoms with van der Waals surface area (Å²) in [5, 5.41) is 8.80. The molecule has 0 bridgehead atoms. The molecule has 1 aromatic rings. The van der Waals surface area contributed by atoms with Crippen LogP contribution in [0, 0.1) is 29.0 Å². The highest BCUT2D eigenvalue weighted by molar-refractivity contribution is 5.79. The SMILES string of the molecule is C[C@@H]1CN(Cc2ccc(C#N)c(F)c2)C[C@H]1C(=O)N1CCOCC1. The number of rotatable bonds is 3. The van der Waals surface area contributed by atoms with Crippen molar-refractivity contribution in [1.82, 2.24) is 9.80 Å². The van der Waals surface area contributed by atoms with Crippen LogP contribution in [0.5, 0.6) is 0 Å². The van der Waals surface area contributed by atoms with Crippen molar-refractivity contribution in [2.45, 2.75) is 13.5 Å². The number of halogens is 1. The summed E-state index contributed by atoms with van der Waals surface area (Å²) >= 11 is 0. The Balaban J connectivity index is 1.62. The molecule has 0 N–H and O–H groups in total. The summed E-state index contributed by atoms with van der Waals surface area (Å²) in [6.45, 7) is 6.78. The van der Waals surface area contributed by atoms with E-state index in [0.29, 0.717) is 39.4 Å². The Hall–Kier alpha value is -1.97.